The van der Waals surface area contributed by atoms with E-state index in [-0.39, 0.29) is 12.6 Å². The quantitative estimate of drug-likeness (QED) is 0.702. The number of rotatable bonds is 3. The Labute approximate surface area is 78.1 Å². The van der Waals surface area contributed by atoms with Crippen LogP contribution in [0, 0.1) is 5.92 Å². The largest absolute Gasteiger partial charge is 0.315 e. The average molecular weight is 192 g/mol. The number of halogens is 2. The van der Waals surface area contributed by atoms with Gasteiger partial charge in [0.05, 0.1) is 6.54 Å². The molecule has 1 rings (SSSR count). The van der Waals surface area contributed by atoms with Crippen LogP contribution in [0.3, 0.4) is 0 Å². The van der Waals surface area contributed by atoms with Gasteiger partial charge in [-0.3, -0.25) is 0 Å². The minimum atomic E-state index is -2.60. The molecule has 78 valence electrons. The van der Waals surface area contributed by atoms with Gasteiger partial charge < -0.3 is 10.6 Å². The zero-order chi connectivity index (χ0) is 9.90. The third-order valence-corrected chi connectivity index (χ3v) is 2.27. The van der Waals surface area contributed by atoms with Crippen molar-refractivity contribution in [2.45, 2.75) is 32.2 Å². The van der Waals surface area contributed by atoms with Gasteiger partial charge in [-0.25, -0.2) is 8.78 Å². The van der Waals surface area contributed by atoms with Crippen LogP contribution in [0.5, 0.6) is 0 Å². The Bertz CT molecular complexity index is 156. The fourth-order valence-corrected chi connectivity index (χ4v) is 1.64. The van der Waals surface area contributed by atoms with Crippen LogP contribution in [-0.4, -0.2) is 31.6 Å². The van der Waals surface area contributed by atoms with Gasteiger partial charge in [-0.1, -0.05) is 6.92 Å². The van der Waals surface area contributed by atoms with Crippen LogP contribution in [0.15, 0.2) is 0 Å². The molecule has 0 aromatic rings. The molecule has 0 spiro atoms. The van der Waals surface area contributed by atoms with E-state index in [0.29, 0.717) is 5.92 Å². The maximum absolute atomic E-state index is 12.5. The summed E-state index contributed by atoms with van der Waals surface area (Å²) in [5, 5.41) is 6.09. The van der Waals surface area contributed by atoms with Crippen LogP contribution in [-0.2, 0) is 0 Å². The van der Waals surface area contributed by atoms with E-state index in [2.05, 4.69) is 17.6 Å². The molecular formula is C9H18F2N2. The fraction of sp³-hybridized carbons (Fsp3) is 1.00. The monoisotopic (exact) mass is 192 g/mol. The molecule has 1 heterocycles. The Kier molecular flexibility index (Phi) is 3.62. The standard InChI is InChI=1S/C9H18F2N2/c1-7-3-8(5-12-4-7)13-6-9(2,10)11/h7-8,12-13H,3-6H2,1-2H3. The summed E-state index contributed by atoms with van der Waals surface area (Å²) in [6.45, 7) is 4.66. The molecule has 0 bridgehead atoms. The van der Waals surface area contributed by atoms with Crippen molar-refractivity contribution in [1.82, 2.24) is 10.6 Å². The van der Waals surface area contributed by atoms with Gasteiger partial charge in [0.15, 0.2) is 0 Å². The van der Waals surface area contributed by atoms with Crippen molar-refractivity contribution < 1.29 is 8.78 Å². The molecule has 1 saturated heterocycles. The molecule has 4 heteroatoms. The first-order valence-corrected chi connectivity index (χ1v) is 4.79. The molecule has 0 saturated carbocycles. The Balaban J connectivity index is 2.21. The summed E-state index contributed by atoms with van der Waals surface area (Å²) in [6, 6.07) is 0.203. The fourth-order valence-electron chi connectivity index (χ4n) is 1.64. The second kappa shape index (κ2) is 4.33. The maximum atomic E-state index is 12.5. The lowest BCUT2D eigenvalue weighted by Crippen LogP contribution is -2.48. The van der Waals surface area contributed by atoms with Crippen molar-refractivity contribution in [3.05, 3.63) is 0 Å². The second-order valence-electron chi connectivity index (χ2n) is 4.15. The molecule has 2 atom stereocenters. The number of hydrogen-bond donors (Lipinski definition) is 2. The zero-order valence-corrected chi connectivity index (χ0v) is 8.24. The molecule has 1 aliphatic heterocycles. The normalized spacial score (nSPS) is 30.5. The van der Waals surface area contributed by atoms with E-state index in [9.17, 15) is 8.78 Å². The van der Waals surface area contributed by atoms with E-state index < -0.39 is 5.92 Å². The summed E-state index contributed by atoms with van der Waals surface area (Å²) in [5.41, 5.74) is 0. The summed E-state index contributed by atoms with van der Waals surface area (Å²) in [5.74, 6) is -2.02. The van der Waals surface area contributed by atoms with Crippen LogP contribution < -0.4 is 10.6 Å². The topological polar surface area (TPSA) is 24.1 Å². The Hall–Kier alpha value is -0.220. The molecular weight excluding hydrogens is 174 g/mol. The SMILES string of the molecule is CC1CNCC(NCC(C)(F)F)C1. The van der Waals surface area contributed by atoms with Crippen molar-refractivity contribution in [2.75, 3.05) is 19.6 Å². The Morgan fingerprint density at radius 3 is 2.69 bits per heavy atom. The highest BCUT2D eigenvalue weighted by Crippen LogP contribution is 2.13. The summed E-state index contributed by atoms with van der Waals surface area (Å²) >= 11 is 0. The van der Waals surface area contributed by atoms with Crippen molar-refractivity contribution in [3.8, 4) is 0 Å². The third-order valence-electron chi connectivity index (χ3n) is 2.27. The van der Waals surface area contributed by atoms with Gasteiger partial charge >= 0.3 is 0 Å². The summed E-state index contributed by atoms with van der Waals surface area (Å²) in [6.07, 6.45) is 0.989. The van der Waals surface area contributed by atoms with Gasteiger partial charge in [-0.15, -0.1) is 0 Å². The Morgan fingerprint density at radius 1 is 1.46 bits per heavy atom. The van der Waals surface area contributed by atoms with Gasteiger partial charge in [0.1, 0.15) is 0 Å². The molecule has 0 radical (unpaired) electrons. The van der Waals surface area contributed by atoms with Crippen LogP contribution in [0.2, 0.25) is 0 Å². The molecule has 13 heavy (non-hydrogen) atoms. The van der Waals surface area contributed by atoms with E-state index in [1.165, 1.54) is 0 Å². The maximum Gasteiger partial charge on any atom is 0.257 e. The molecule has 0 amide bonds. The summed E-state index contributed by atoms with van der Waals surface area (Å²) in [7, 11) is 0. The van der Waals surface area contributed by atoms with Gasteiger partial charge in [0.2, 0.25) is 0 Å². The van der Waals surface area contributed by atoms with Gasteiger partial charge in [0.25, 0.3) is 5.92 Å². The van der Waals surface area contributed by atoms with Crippen molar-refractivity contribution in [3.63, 3.8) is 0 Å². The predicted octanol–water partition coefficient (Wildman–Crippen LogP) is 1.23. The molecule has 0 aromatic carbocycles. The van der Waals surface area contributed by atoms with Crippen LogP contribution in [0.25, 0.3) is 0 Å². The molecule has 1 aliphatic rings. The predicted molar refractivity (Wildman–Crippen MR) is 49.1 cm³/mol. The van der Waals surface area contributed by atoms with E-state index in [1.54, 1.807) is 0 Å². The van der Waals surface area contributed by atoms with Crippen LogP contribution in [0.4, 0.5) is 8.78 Å². The third kappa shape index (κ3) is 4.52. The van der Waals surface area contributed by atoms with Gasteiger partial charge in [-0.2, -0.15) is 0 Å². The average Bonchev–Trinajstić information content (AvgIpc) is 2.00. The van der Waals surface area contributed by atoms with Crippen molar-refractivity contribution in [2.24, 2.45) is 5.92 Å². The highest BCUT2D eigenvalue weighted by molar-refractivity contribution is 4.80. The lowest BCUT2D eigenvalue weighted by atomic mass is 9.98. The zero-order valence-electron chi connectivity index (χ0n) is 8.24. The summed E-state index contributed by atoms with van der Waals surface area (Å²) in [4.78, 5) is 0. The molecule has 2 nitrogen and oxygen atoms in total. The molecule has 0 aromatic heterocycles. The minimum Gasteiger partial charge on any atom is -0.315 e. The smallest absolute Gasteiger partial charge is 0.257 e. The highest BCUT2D eigenvalue weighted by Gasteiger charge is 2.24. The first-order valence-electron chi connectivity index (χ1n) is 4.79. The van der Waals surface area contributed by atoms with E-state index >= 15 is 0 Å². The van der Waals surface area contributed by atoms with Crippen molar-refractivity contribution in [1.29, 1.82) is 0 Å². The molecule has 0 aliphatic carbocycles. The number of piperidine rings is 1. The highest BCUT2D eigenvalue weighted by atomic mass is 19.3. The van der Waals surface area contributed by atoms with Crippen LogP contribution >= 0.6 is 0 Å². The molecule has 1 fully saturated rings. The minimum absolute atomic E-state index is 0.203. The lowest BCUT2D eigenvalue weighted by molar-refractivity contribution is 0.0185. The lowest BCUT2D eigenvalue weighted by Gasteiger charge is -2.29. The van der Waals surface area contributed by atoms with E-state index in [1.807, 2.05) is 0 Å². The van der Waals surface area contributed by atoms with Gasteiger partial charge in [0, 0.05) is 19.5 Å². The Morgan fingerprint density at radius 2 is 2.15 bits per heavy atom. The number of nitrogens with one attached hydrogen (secondary N) is 2. The van der Waals surface area contributed by atoms with Gasteiger partial charge in [-0.05, 0) is 18.9 Å². The first-order chi connectivity index (χ1) is 5.97. The van der Waals surface area contributed by atoms with Crippen LogP contribution in [0.1, 0.15) is 20.3 Å². The summed E-state index contributed by atoms with van der Waals surface area (Å²) < 4.78 is 25.0. The second-order valence-corrected chi connectivity index (χ2v) is 4.15. The first kappa shape index (κ1) is 10.9. The number of hydrogen-bond acceptors (Lipinski definition) is 2. The molecule has 2 unspecified atom stereocenters. The van der Waals surface area contributed by atoms with E-state index in [4.69, 9.17) is 0 Å². The van der Waals surface area contributed by atoms with E-state index in [0.717, 1.165) is 26.4 Å². The van der Waals surface area contributed by atoms with Crippen molar-refractivity contribution >= 4 is 0 Å². The molecule has 2 N–H and O–H groups in total. The number of alkyl halides is 2.